The third kappa shape index (κ3) is 3.47. The lowest BCUT2D eigenvalue weighted by Gasteiger charge is -2.07. The summed E-state index contributed by atoms with van der Waals surface area (Å²) in [6.07, 6.45) is 0. The first-order valence-corrected chi connectivity index (χ1v) is 7.22. The summed E-state index contributed by atoms with van der Waals surface area (Å²) in [6.45, 7) is 0. The fourth-order valence-corrected chi connectivity index (χ4v) is 2.73. The van der Waals surface area contributed by atoms with Crippen molar-refractivity contribution < 1.29 is 21.9 Å². The third-order valence-corrected chi connectivity index (χ3v) is 3.87. The van der Waals surface area contributed by atoms with Crippen LogP contribution in [-0.2, 0) is 10.1 Å². The normalized spacial score (nSPS) is 11.1. The van der Waals surface area contributed by atoms with Gasteiger partial charge in [-0.1, -0.05) is 17.7 Å². The number of nitro benzene ring substituents is 1. The molecule has 2 rings (SSSR count). The van der Waals surface area contributed by atoms with Gasteiger partial charge in [-0.15, -0.1) is 0 Å². The van der Waals surface area contributed by atoms with Crippen molar-refractivity contribution in [1.29, 1.82) is 0 Å². The van der Waals surface area contributed by atoms with Crippen molar-refractivity contribution in [3.8, 4) is 5.75 Å². The molecule has 0 saturated carbocycles. The van der Waals surface area contributed by atoms with Crippen LogP contribution in [0.4, 0.5) is 10.1 Å². The van der Waals surface area contributed by atoms with Crippen LogP contribution in [-0.4, -0.2) is 13.3 Å². The predicted octanol–water partition coefficient (Wildman–Crippen LogP) is 3.16. The first kappa shape index (κ1) is 15.2. The third-order valence-electron chi connectivity index (χ3n) is 2.40. The van der Waals surface area contributed by atoms with Crippen LogP contribution in [0.2, 0.25) is 5.02 Å². The zero-order chi connectivity index (χ0) is 15.6. The molecule has 0 spiro atoms. The lowest BCUT2D eigenvalue weighted by molar-refractivity contribution is -0.385. The summed E-state index contributed by atoms with van der Waals surface area (Å²) in [6, 6.07) is 7.41. The second-order valence-electron chi connectivity index (χ2n) is 3.86. The number of benzene rings is 2. The van der Waals surface area contributed by atoms with Gasteiger partial charge >= 0.3 is 15.8 Å². The van der Waals surface area contributed by atoms with Gasteiger partial charge in [-0.05, 0) is 24.3 Å². The molecular weight excluding hydrogens is 325 g/mol. The van der Waals surface area contributed by atoms with Crippen LogP contribution in [0.3, 0.4) is 0 Å². The van der Waals surface area contributed by atoms with Crippen molar-refractivity contribution in [3.05, 3.63) is 63.4 Å². The summed E-state index contributed by atoms with van der Waals surface area (Å²) in [5.41, 5.74) is -0.665. The van der Waals surface area contributed by atoms with Gasteiger partial charge in [0.2, 0.25) is 5.75 Å². The van der Waals surface area contributed by atoms with E-state index in [1.165, 1.54) is 18.2 Å². The Kier molecular flexibility index (Phi) is 4.10. The molecular formula is C12H7ClFNO5S. The maximum absolute atomic E-state index is 13.1. The molecule has 9 heteroatoms. The Morgan fingerprint density at radius 3 is 2.52 bits per heavy atom. The average molecular weight is 332 g/mol. The molecule has 0 aliphatic heterocycles. The molecule has 21 heavy (non-hydrogen) atoms. The average Bonchev–Trinajstić information content (AvgIpc) is 2.38. The number of nitro groups is 1. The highest BCUT2D eigenvalue weighted by Gasteiger charge is 2.24. The van der Waals surface area contributed by atoms with Crippen molar-refractivity contribution in [3.63, 3.8) is 0 Å². The molecule has 0 bridgehead atoms. The molecule has 0 aliphatic carbocycles. The van der Waals surface area contributed by atoms with E-state index < -0.39 is 32.3 Å². The largest absolute Gasteiger partial charge is 0.371 e. The second kappa shape index (κ2) is 5.66. The SMILES string of the molecule is O=[N+]([O-])c1ccc(F)cc1OS(=O)(=O)c1cccc(Cl)c1. The minimum absolute atomic E-state index is 0.147. The predicted molar refractivity (Wildman–Crippen MR) is 72.3 cm³/mol. The maximum Gasteiger partial charge on any atom is 0.339 e. The number of halogens is 2. The Bertz CT molecular complexity index is 809. The smallest absolute Gasteiger partial charge is 0.339 e. The molecule has 0 N–H and O–H groups in total. The van der Waals surface area contributed by atoms with Crippen LogP contribution < -0.4 is 4.18 Å². The lowest BCUT2D eigenvalue weighted by atomic mass is 10.3. The first-order chi connectivity index (χ1) is 9.79. The summed E-state index contributed by atoms with van der Waals surface area (Å²) in [7, 11) is -4.36. The summed E-state index contributed by atoms with van der Waals surface area (Å²) in [4.78, 5) is 9.63. The number of rotatable bonds is 4. The topological polar surface area (TPSA) is 86.5 Å². The minimum Gasteiger partial charge on any atom is -0.371 e. The molecule has 0 heterocycles. The standard InChI is InChI=1S/C12H7ClFNO5S/c13-8-2-1-3-10(6-8)21(18,19)20-12-7-9(14)4-5-11(12)15(16)17/h1-7H. The first-order valence-electron chi connectivity index (χ1n) is 5.43. The zero-order valence-electron chi connectivity index (χ0n) is 10.2. The number of hydrogen-bond donors (Lipinski definition) is 0. The van der Waals surface area contributed by atoms with Crippen LogP contribution in [0.5, 0.6) is 5.75 Å². The van der Waals surface area contributed by atoms with Crippen LogP contribution in [0, 0.1) is 15.9 Å². The molecule has 0 unspecified atom stereocenters. The Hall–Kier alpha value is -2.19. The van der Waals surface area contributed by atoms with Crippen molar-refractivity contribution in [2.45, 2.75) is 4.90 Å². The quantitative estimate of drug-likeness (QED) is 0.488. The number of nitrogens with zero attached hydrogens (tertiary/aromatic N) is 1. The Balaban J connectivity index is 2.46. The van der Waals surface area contributed by atoms with Gasteiger partial charge in [0.05, 0.1) is 4.92 Å². The summed E-state index contributed by atoms with van der Waals surface area (Å²) in [5.74, 6) is -1.57. The van der Waals surface area contributed by atoms with Crippen LogP contribution >= 0.6 is 11.6 Å². The van der Waals surface area contributed by atoms with Crippen LogP contribution in [0.1, 0.15) is 0 Å². The fraction of sp³-hybridized carbons (Fsp3) is 0. The molecule has 0 aromatic heterocycles. The molecule has 0 saturated heterocycles. The van der Waals surface area contributed by atoms with Gasteiger partial charge in [0.1, 0.15) is 10.7 Å². The molecule has 0 fully saturated rings. The molecule has 0 atom stereocenters. The summed E-state index contributed by atoms with van der Waals surface area (Å²) >= 11 is 5.67. The van der Waals surface area contributed by atoms with E-state index in [1.807, 2.05) is 0 Å². The van der Waals surface area contributed by atoms with E-state index in [0.717, 1.165) is 18.2 Å². The number of hydrogen-bond acceptors (Lipinski definition) is 5. The van der Waals surface area contributed by atoms with Crippen LogP contribution in [0.15, 0.2) is 47.4 Å². The highest BCUT2D eigenvalue weighted by Crippen LogP contribution is 2.30. The van der Waals surface area contributed by atoms with E-state index in [4.69, 9.17) is 11.6 Å². The molecule has 0 radical (unpaired) electrons. The van der Waals surface area contributed by atoms with Gasteiger partial charge in [-0.3, -0.25) is 10.1 Å². The molecule has 6 nitrogen and oxygen atoms in total. The van der Waals surface area contributed by atoms with E-state index in [1.54, 1.807) is 0 Å². The minimum atomic E-state index is -4.36. The van der Waals surface area contributed by atoms with Gasteiger partial charge in [0.15, 0.2) is 0 Å². The summed E-state index contributed by atoms with van der Waals surface area (Å²) in [5, 5.41) is 10.9. The Morgan fingerprint density at radius 2 is 1.90 bits per heavy atom. The Labute approximate surface area is 124 Å². The van der Waals surface area contributed by atoms with E-state index in [0.29, 0.717) is 6.07 Å². The van der Waals surface area contributed by atoms with E-state index >= 15 is 0 Å². The van der Waals surface area contributed by atoms with Crippen molar-refractivity contribution in [2.75, 3.05) is 0 Å². The van der Waals surface area contributed by atoms with Gasteiger partial charge in [0, 0.05) is 17.2 Å². The lowest BCUT2D eigenvalue weighted by Crippen LogP contribution is -2.11. The highest BCUT2D eigenvalue weighted by molar-refractivity contribution is 7.87. The fourth-order valence-electron chi connectivity index (χ4n) is 1.49. The second-order valence-corrected chi connectivity index (χ2v) is 5.85. The molecule has 110 valence electrons. The highest BCUT2D eigenvalue weighted by atomic mass is 35.5. The Morgan fingerprint density at radius 1 is 1.19 bits per heavy atom. The van der Waals surface area contributed by atoms with Crippen molar-refractivity contribution >= 4 is 27.4 Å². The molecule has 2 aromatic carbocycles. The zero-order valence-corrected chi connectivity index (χ0v) is 11.8. The maximum atomic E-state index is 13.1. The van der Waals surface area contributed by atoms with Crippen molar-refractivity contribution in [1.82, 2.24) is 0 Å². The monoisotopic (exact) mass is 331 g/mol. The van der Waals surface area contributed by atoms with Gasteiger partial charge in [-0.2, -0.15) is 8.42 Å². The molecule has 0 aliphatic rings. The molecule has 0 amide bonds. The van der Waals surface area contributed by atoms with Gasteiger partial charge in [0.25, 0.3) is 0 Å². The van der Waals surface area contributed by atoms with E-state index in [9.17, 15) is 22.9 Å². The van der Waals surface area contributed by atoms with E-state index in [-0.39, 0.29) is 9.92 Å². The van der Waals surface area contributed by atoms with Crippen molar-refractivity contribution in [2.24, 2.45) is 0 Å². The van der Waals surface area contributed by atoms with Crippen LogP contribution in [0.25, 0.3) is 0 Å². The van der Waals surface area contributed by atoms with Gasteiger partial charge in [-0.25, -0.2) is 4.39 Å². The van der Waals surface area contributed by atoms with Gasteiger partial charge < -0.3 is 4.18 Å². The summed E-state index contributed by atoms with van der Waals surface area (Å²) < 4.78 is 41.8. The van der Waals surface area contributed by atoms with E-state index in [2.05, 4.69) is 4.18 Å². The molecule has 2 aromatic rings.